The summed E-state index contributed by atoms with van der Waals surface area (Å²) in [5.74, 6) is 0.167. The van der Waals surface area contributed by atoms with Gasteiger partial charge < -0.3 is 4.57 Å². The number of thioether (sulfide) groups is 1. The third-order valence-electron chi connectivity index (χ3n) is 4.06. The topological polar surface area (TPSA) is 96.5 Å². The number of fused-ring (bicyclic) bond motifs is 1. The molecule has 0 bridgehead atoms. The Kier molecular flexibility index (Phi) is 5.58. The Hall–Kier alpha value is -2.79. The molecule has 0 spiro atoms. The lowest BCUT2D eigenvalue weighted by molar-refractivity contribution is 0.102. The summed E-state index contributed by atoms with van der Waals surface area (Å²) in [7, 11) is 0. The van der Waals surface area contributed by atoms with Gasteiger partial charge in [0.15, 0.2) is 10.9 Å². The summed E-state index contributed by atoms with van der Waals surface area (Å²) in [5.41, 5.74) is 1.32. The standard InChI is InChI=1S/C18H19N5O2S/c1-2-9-23-17(25)20-21-18(23)26-12-16(24)14-11-22(10-5-8-19)15-7-4-3-6-13(14)15/h3-4,6-7,11H,2,5,9-10,12H2,1H3,(H,20,25). The highest BCUT2D eigenvalue weighted by Crippen LogP contribution is 2.24. The molecule has 26 heavy (non-hydrogen) atoms. The Balaban J connectivity index is 1.82. The fourth-order valence-electron chi connectivity index (χ4n) is 2.87. The second-order valence-electron chi connectivity index (χ2n) is 5.84. The fourth-order valence-corrected chi connectivity index (χ4v) is 3.72. The zero-order valence-electron chi connectivity index (χ0n) is 14.4. The number of para-hydroxylation sites is 1. The first-order chi connectivity index (χ1) is 12.7. The van der Waals surface area contributed by atoms with Crippen molar-refractivity contribution in [3.05, 3.63) is 46.5 Å². The van der Waals surface area contributed by atoms with Gasteiger partial charge in [-0.15, -0.1) is 5.10 Å². The Bertz CT molecular complexity index is 1020. The van der Waals surface area contributed by atoms with Crippen LogP contribution < -0.4 is 5.69 Å². The van der Waals surface area contributed by atoms with E-state index in [-0.39, 0.29) is 17.2 Å². The number of nitrogens with zero attached hydrogens (tertiary/aromatic N) is 4. The Labute approximate surface area is 154 Å². The number of hydrogen-bond donors (Lipinski definition) is 1. The summed E-state index contributed by atoms with van der Waals surface area (Å²) in [6.45, 7) is 3.10. The van der Waals surface area contributed by atoms with Crippen LogP contribution in [0.25, 0.3) is 10.9 Å². The van der Waals surface area contributed by atoms with Crippen LogP contribution >= 0.6 is 11.8 Å². The number of nitrogens with one attached hydrogen (secondary N) is 1. The predicted octanol–water partition coefficient (Wildman–Crippen LogP) is 2.82. The van der Waals surface area contributed by atoms with Crippen LogP contribution in [0.5, 0.6) is 0 Å². The second kappa shape index (κ2) is 8.06. The van der Waals surface area contributed by atoms with Gasteiger partial charge in [-0.25, -0.2) is 9.89 Å². The van der Waals surface area contributed by atoms with Crippen LogP contribution in [0, 0.1) is 11.3 Å². The Morgan fingerprint density at radius 2 is 2.15 bits per heavy atom. The van der Waals surface area contributed by atoms with Gasteiger partial charge in [-0.05, 0) is 12.5 Å². The van der Waals surface area contributed by atoms with Gasteiger partial charge in [-0.3, -0.25) is 9.36 Å². The highest BCUT2D eigenvalue weighted by Gasteiger charge is 2.17. The molecule has 7 nitrogen and oxygen atoms in total. The molecule has 0 radical (unpaired) electrons. The van der Waals surface area contributed by atoms with Gasteiger partial charge in [-0.1, -0.05) is 36.9 Å². The highest BCUT2D eigenvalue weighted by molar-refractivity contribution is 7.99. The summed E-state index contributed by atoms with van der Waals surface area (Å²) in [4.78, 5) is 24.5. The van der Waals surface area contributed by atoms with E-state index in [1.54, 1.807) is 4.57 Å². The Morgan fingerprint density at radius 3 is 2.92 bits per heavy atom. The molecule has 2 heterocycles. The Morgan fingerprint density at radius 1 is 1.35 bits per heavy atom. The molecule has 3 aromatic rings. The second-order valence-corrected chi connectivity index (χ2v) is 6.78. The molecule has 134 valence electrons. The maximum absolute atomic E-state index is 12.8. The zero-order chi connectivity index (χ0) is 18.5. The smallest absolute Gasteiger partial charge is 0.343 e. The zero-order valence-corrected chi connectivity index (χ0v) is 15.3. The van der Waals surface area contributed by atoms with Crippen LogP contribution in [-0.2, 0) is 13.1 Å². The summed E-state index contributed by atoms with van der Waals surface area (Å²) in [5, 5.41) is 16.7. The van der Waals surface area contributed by atoms with Gasteiger partial charge >= 0.3 is 5.69 Å². The molecule has 8 heteroatoms. The number of nitriles is 1. The lowest BCUT2D eigenvalue weighted by Gasteiger charge is -2.03. The predicted molar refractivity (Wildman–Crippen MR) is 100 cm³/mol. The van der Waals surface area contributed by atoms with Gasteiger partial charge in [0.2, 0.25) is 0 Å². The molecule has 3 rings (SSSR count). The molecule has 0 saturated carbocycles. The van der Waals surface area contributed by atoms with Crippen LogP contribution in [0.1, 0.15) is 30.1 Å². The van der Waals surface area contributed by atoms with Crippen molar-refractivity contribution in [3.63, 3.8) is 0 Å². The molecule has 0 unspecified atom stereocenters. The van der Waals surface area contributed by atoms with Crippen molar-refractivity contribution in [2.24, 2.45) is 0 Å². The first-order valence-electron chi connectivity index (χ1n) is 8.41. The molecule has 1 N–H and O–H groups in total. The minimum atomic E-state index is -0.255. The van der Waals surface area contributed by atoms with Crippen molar-refractivity contribution in [2.45, 2.75) is 38.0 Å². The van der Waals surface area contributed by atoms with Crippen molar-refractivity contribution < 1.29 is 4.79 Å². The van der Waals surface area contributed by atoms with Gasteiger partial charge in [0.25, 0.3) is 0 Å². The van der Waals surface area contributed by atoms with Crippen LogP contribution in [0.3, 0.4) is 0 Å². The minimum Gasteiger partial charge on any atom is -0.346 e. The van der Waals surface area contributed by atoms with Crippen LogP contribution in [0.2, 0.25) is 0 Å². The SMILES string of the molecule is CCCn1c(SCC(=O)c2cn(CCC#N)c3ccccc23)n[nH]c1=O. The molecule has 0 saturated heterocycles. The van der Waals surface area contributed by atoms with E-state index in [1.807, 2.05) is 42.0 Å². The normalized spacial score (nSPS) is 10.9. The third kappa shape index (κ3) is 3.58. The average molecular weight is 369 g/mol. The van der Waals surface area contributed by atoms with Gasteiger partial charge in [0.1, 0.15) is 0 Å². The quantitative estimate of drug-likeness (QED) is 0.486. The first kappa shape index (κ1) is 18.0. The van der Waals surface area contributed by atoms with Crippen LogP contribution in [-0.4, -0.2) is 30.9 Å². The summed E-state index contributed by atoms with van der Waals surface area (Å²) < 4.78 is 3.49. The number of Topliss-reactive ketones (excluding diaryl/α,β-unsaturated/α-hetero) is 1. The number of benzene rings is 1. The van der Waals surface area contributed by atoms with E-state index in [4.69, 9.17) is 5.26 Å². The summed E-state index contributed by atoms with van der Waals surface area (Å²) in [6.07, 6.45) is 3.01. The number of H-pyrrole nitrogens is 1. The molecule has 0 fully saturated rings. The van der Waals surface area contributed by atoms with Gasteiger partial charge in [0, 0.05) is 35.8 Å². The largest absolute Gasteiger partial charge is 0.346 e. The summed E-state index contributed by atoms with van der Waals surface area (Å²) >= 11 is 1.26. The molecule has 0 amide bonds. The number of carbonyl (C=O) groups excluding carboxylic acids is 1. The first-order valence-corrected chi connectivity index (χ1v) is 9.40. The summed E-state index contributed by atoms with van der Waals surface area (Å²) in [6, 6.07) is 9.81. The lowest BCUT2D eigenvalue weighted by Crippen LogP contribution is -2.17. The van der Waals surface area contributed by atoms with Gasteiger partial charge in [-0.2, -0.15) is 5.26 Å². The minimum absolute atomic E-state index is 0.0274. The molecule has 0 aliphatic carbocycles. The maximum atomic E-state index is 12.8. The highest BCUT2D eigenvalue weighted by atomic mass is 32.2. The molecule has 0 aliphatic rings. The van der Waals surface area contributed by atoms with Crippen LogP contribution in [0.4, 0.5) is 0 Å². The van der Waals surface area contributed by atoms with Crippen molar-refractivity contribution in [3.8, 4) is 6.07 Å². The van der Waals surface area contributed by atoms with E-state index in [1.165, 1.54) is 11.8 Å². The number of ketones is 1. The molecule has 1 aromatic carbocycles. The number of aromatic nitrogens is 4. The van der Waals surface area contributed by atoms with E-state index in [0.717, 1.165) is 17.3 Å². The lowest BCUT2D eigenvalue weighted by atomic mass is 10.1. The van der Waals surface area contributed by atoms with E-state index in [9.17, 15) is 9.59 Å². The fraction of sp³-hybridized carbons (Fsp3) is 0.333. The van der Waals surface area contributed by atoms with Crippen LogP contribution in [0.15, 0.2) is 40.4 Å². The van der Waals surface area contributed by atoms with Crippen molar-refractivity contribution in [2.75, 3.05) is 5.75 Å². The number of carbonyl (C=O) groups is 1. The van der Waals surface area contributed by atoms with Gasteiger partial charge in [0.05, 0.1) is 18.2 Å². The van der Waals surface area contributed by atoms with Crippen molar-refractivity contribution in [1.82, 2.24) is 19.3 Å². The number of aromatic amines is 1. The molecule has 0 aliphatic heterocycles. The van der Waals surface area contributed by atoms with E-state index in [0.29, 0.717) is 30.2 Å². The van der Waals surface area contributed by atoms with E-state index < -0.39 is 0 Å². The van der Waals surface area contributed by atoms with E-state index >= 15 is 0 Å². The number of hydrogen-bond acceptors (Lipinski definition) is 5. The van der Waals surface area contributed by atoms with Crippen molar-refractivity contribution in [1.29, 1.82) is 5.26 Å². The van der Waals surface area contributed by atoms with E-state index in [2.05, 4.69) is 16.3 Å². The molecule has 0 atom stereocenters. The van der Waals surface area contributed by atoms with Crippen molar-refractivity contribution >= 4 is 28.4 Å². The number of aryl methyl sites for hydroxylation is 1. The maximum Gasteiger partial charge on any atom is 0.343 e. The third-order valence-corrected chi connectivity index (χ3v) is 5.03. The number of rotatable bonds is 8. The average Bonchev–Trinajstić information content (AvgIpc) is 3.20. The molecule has 2 aromatic heterocycles. The molecular weight excluding hydrogens is 350 g/mol. The molecular formula is C18H19N5O2S. The monoisotopic (exact) mass is 369 g/mol.